The number of ether oxygens (including phenoxy) is 1. The number of fused-ring (bicyclic) bond motifs is 1. The molecule has 0 amide bonds. The van der Waals surface area contributed by atoms with Gasteiger partial charge in [-0.2, -0.15) is 5.10 Å². The molecule has 2 saturated heterocycles. The summed E-state index contributed by atoms with van der Waals surface area (Å²) in [7, 11) is 0. The Morgan fingerprint density at radius 1 is 1.06 bits per heavy atom. The second kappa shape index (κ2) is 8.58. The maximum Gasteiger partial charge on any atom is 0.227 e. The number of anilines is 3. The van der Waals surface area contributed by atoms with Crippen LogP contribution in [-0.2, 0) is 4.74 Å². The van der Waals surface area contributed by atoms with Crippen LogP contribution in [0.5, 0.6) is 0 Å². The van der Waals surface area contributed by atoms with Crippen LogP contribution in [0.2, 0.25) is 10.2 Å². The summed E-state index contributed by atoms with van der Waals surface area (Å²) in [4.78, 5) is 14.1. The van der Waals surface area contributed by atoms with Crippen LogP contribution in [0.3, 0.4) is 0 Å². The predicted octanol–water partition coefficient (Wildman–Crippen LogP) is 4.37. The van der Waals surface area contributed by atoms with E-state index in [9.17, 15) is 0 Å². The van der Waals surface area contributed by atoms with Crippen molar-refractivity contribution in [2.24, 2.45) is 5.92 Å². The molecule has 0 unspecified atom stereocenters. The average Bonchev–Trinajstić information content (AvgIpc) is 3.47. The summed E-state index contributed by atoms with van der Waals surface area (Å²) in [6, 6.07) is 4.96. The van der Waals surface area contributed by atoms with Crippen molar-refractivity contribution in [1.29, 1.82) is 0 Å². The minimum Gasteiger partial charge on any atom is -0.379 e. The highest BCUT2D eigenvalue weighted by atomic mass is 35.5. The summed E-state index contributed by atoms with van der Waals surface area (Å²) >= 11 is 13.2. The van der Waals surface area contributed by atoms with Crippen molar-refractivity contribution < 1.29 is 4.74 Å². The largest absolute Gasteiger partial charge is 0.379 e. The molecule has 1 N–H and O–H groups in total. The molecular weight excluding hydrogens is 461 g/mol. The molecule has 0 radical (unpaired) electrons. The smallest absolute Gasteiger partial charge is 0.227 e. The third-order valence-electron chi connectivity index (χ3n) is 6.97. The molecule has 33 heavy (non-hydrogen) atoms. The van der Waals surface area contributed by atoms with Gasteiger partial charge < -0.3 is 15.0 Å². The molecule has 8 nitrogen and oxygen atoms in total. The summed E-state index contributed by atoms with van der Waals surface area (Å²) in [5, 5.41) is 9.84. The zero-order chi connectivity index (χ0) is 22.5. The Bertz CT molecular complexity index is 1170. The van der Waals surface area contributed by atoms with E-state index in [1.54, 1.807) is 12.4 Å². The van der Waals surface area contributed by atoms with E-state index in [4.69, 9.17) is 32.9 Å². The van der Waals surface area contributed by atoms with E-state index >= 15 is 0 Å². The minimum absolute atomic E-state index is 0.417. The van der Waals surface area contributed by atoms with E-state index in [-0.39, 0.29) is 0 Å². The van der Waals surface area contributed by atoms with Gasteiger partial charge in [0.25, 0.3) is 0 Å². The molecule has 0 bridgehead atoms. The van der Waals surface area contributed by atoms with E-state index in [1.165, 1.54) is 0 Å². The third kappa shape index (κ3) is 4.14. The van der Waals surface area contributed by atoms with E-state index in [1.807, 2.05) is 10.7 Å². The number of rotatable bonds is 5. The number of nitrogens with one attached hydrogen (secondary N) is 1. The van der Waals surface area contributed by atoms with Gasteiger partial charge in [0, 0.05) is 43.8 Å². The molecule has 3 aliphatic rings. The standard InChI is InChI=1S/C23H27Cl2N7O/c1-14-12-33-13-21(14)31-6-4-30(5-7-31)20-9-18-15(8-17(20)24)10-26-23(28-18)29-19-11-27-32(22(19)25)16-2-3-16/h8-11,14,16,21H,2-7,12-13H2,1H3,(H,26,28,29)/t14-,21+/m1/s1. The lowest BCUT2D eigenvalue weighted by Gasteiger charge is -2.40. The van der Waals surface area contributed by atoms with Gasteiger partial charge in [-0.1, -0.05) is 30.1 Å². The first-order valence-corrected chi connectivity index (χ1v) is 12.4. The molecular formula is C23H27Cl2N7O. The van der Waals surface area contributed by atoms with Gasteiger partial charge in [0.05, 0.1) is 47.4 Å². The summed E-state index contributed by atoms with van der Waals surface area (Å²) in [5.41, 5.74) is 2.58. The highest BCUT2D eigenvalue weighted by Crippen LogP contribution is 2.39. The average molecular weight is 488 g/mol. The van der Waals surface area contributed by atoms with E-state index < -0.39 is 0 Å². The van der Waals surface area contributed by atoms with Crippen molar-refractivity contribution in [2.45, 2.75) is 31.8 Å². The maximum atomic E-state index is 6.68. The van der Waals surface area contributed by atoms with Gasteiger partial charge in [-0.25, -0.2) is 14.6 Å². The summed E-state index contributed by atoms with van der Waals surface area (Å²) in [6.07, 6.45) is 5.77. The summed E-state index contributed by atoms with van der Waals surface area (Å²) < 4.78 is 7.53. The van der Waals surface area contributed by atoms with Crippen molar-refractivity contribution in [3.8, 4) is 0 Å². The highest BCUT2D eigenvalue weighted by molar-refractivity contribution is 6.34. The first-order chi connectivity index (χ1) is 16.1. The zero-order valence-electron chi connectivity index (χ0n) is 18.5. The fourth-order valence-corrected chi connectivity index (χ4v) is 5.45. The molecule has 10 heteroatoms. The molecule has 0 spiro atoms. The molecule has 1 saturated carbocycles. The first kappa shape index (κ1) is 21.4. The van der Waals surface area contributed by atoms with Crippen LogP contribution in [-0.4, -0.2) is 70.1 Å². The molecule has 3 fully saturated rings. The second-order valence-corrected chi connectivity index (χ2v) is 10.1. The van der Waals surface area contributed by atoms with Gasteiger partial charge in [0.1, 0.15) is 0 Å². The van der Waals surface area contributed by atoms with Gasteiger partial charge >= 0.3 is 0 Å². The Labute approximate surface area is 202 Å². The Balaban J connectivity index is 1.20. The lowest BCUT2D eigenvalue weighted by atomic mass is 10.0. The molecule has 174 valence electrons. The summed E-state index contributed by atoms with van der Waals surface area (Å²) in [6.45, 7) is 7.86. The van der Waals surface area contributed by atoms with Crippen LogP contribution in [0, 0.1) is 5.92 Å². The molecule has 2 aromatic heterocycles. The molecule has 3 aromatic rings. The van der Waals surface area contributed by atoms with Crippen LogP contribution in [0.1, 0.15) is 25.8 Å². The van der Waals surface area contributed by atoms with Crippen LogP contribution in [0.25, 0.3) is 10.9 Å². The number of hydrogen-bond acceptors (Lipinski definition) is 7. The van der Waals surface area contributed by atoms with Gasteiger partial charge in [0.15, 0.2) is 5.15 Å². The fraction of sp³-hybridized carbons (Fsp3) is 0.522. The normalized spacial score (nSPS) is 24.0. The number of aromatic nitrogens is 4. The molecule has 1 aliphatic carbocycles. The number of hydrogen-bond donors (Lipinski definition) is 1. The Hall–Kier alpha value is -2.13. The molecule has 2 aliphatic heterocycles. The van der Waals surface area contributed by atoms with Crippen molar-refractivity contribution in [3.05, 3.63) is 34.7 Å². The molecule has 2 atom stereocenters. The topological polar surface area (TPSA) is 71.3 Å². The molecule has 1 aromatic carbocycles. The third-order valence-corrected chi connectivity index (χ3v) is 7.65. The van der Waals surface area contributed by atoms with Crippen LogP contribution in [0.15, 0.2) is 24.5 Å². The zero-order valence-corrected chi connectivity index (χ0v) is 20.1. The van der Waals surface area contributed by atoms with Crippen LogP contribution >= 0.6 is 23.2 Å². The SMILES string of the molecule is C[C@@H]1COC[C@@H]1N1CCN(c2cc3nc(Nc4cnn(C5CC5)c4Cl)ncc3cc2Cl)CC1. The van der Waals surface area contributed by atoms with Gasteiger partial charge in [-0.05, 0) is 30.9 Å². The quantitative estimate of drug-likeness (QED) is 0.572. The lowest BCUT2D eigenvalue weighted by Crippen LogP contribution is -2.52. The Kier molecular flexibility index (Phi) is 5.57. The second-order valence-electron chi connectivity index (χ2n) is 9.31. The van der Waals surface area contributed by atoms with E-state index in [0.29, 0.717) is 29.1 Å². The van der Waals surface area contributed by atoms with Gasteiger partial charge in [0.2, 0.25) is 5.95 Å². The van der Waals surface area contributed by atoms with Crippen LogP contribution in [0.4, 0.5) is 17.3 Å². The van der Waals surface area contributed by atoms with E-state index in [0.717, 1.165) is 79.5 Å². The van der Waals surface area contributed by atoms with Crippen molar-refractivity contribution >= 4 is 51.4 Å². The number of halogens is 2. The minimum atomic E-state index is 0.417. The van der Waals surface area contributed by atoms with Crippen LogP contribution < -0.4 is 10.2 Å². The Morgan fingerprint density at radius 2 is 1.88 bits per heavy atom. The first-order valence-electron chi connectivity index (χ1n) is 11.6. The number of piperazine rings is 1. The molecule has 4 heterocycles. The van der Waals surface area contributed by atoms with Crippen molar-refractivity contribution in [2.75, 3.05) is 49.6 Å². The van der Waals surface area contributed by atoms with E-state index in [2.05, 4.69) is 38.2 Å². The number of benzene rings is 1. The highest BCUT2D eigenvalue weighted by Gasteiger charge is 2.32. The van der Waals surface area contributed by atoms with Gasteiger partial charge in [-0.15, -0.1) is 0 Å². The monoisotopic (exact) mass is 487 g/mol. The lowest BCUT2D eigenvalue weighted by molar-refractivity contribution is 0.136. The van der Waals surface area contributed by atoms with Crippen molar-refractivity contribution in [1.82, 2.24) is 24.6 Å². The molecule has 6 rings (SSSR count). The fourth-order valence-electron chi connectivity index (χ4n) is 4.88. The maximum absolute atomic E-state index is 6.68. The predicted molar refractivity (Wildman–Crippen MR) is 131 cm³/mol. The Morgan fingerprint density at radius 3 is 2.61 bits per heavy atom. The van der Waals surface area contributed by atoms with Crippen molar-refractivity contribution in [3.63, 3.8) is 0 Å². The van der Waals surface area contributed by atoms with Gasteiger partial charge in [-0.3, -0.25) is 4.90 Å². The number of nitrogens with zero attached hydrogens (tertiary/aromatic N) is 6. The summed E-state index contributed by atoms with van der Waals surface area (Å²) in [5.74, 6) is 1.08.